The van der Waals surface area contributed by atoms with E-state index in [9.17, 15) is 5.11 Å². The average Bonchev–Trinajstić information content (AvgIpc) is 2.46. The van der Waals surface area contributed by atoms with Crippen LogP contribution in [0, 0.1) is 0 Å². The van der Waals surface area contributed by atoms with Crippen LogP contribution in [0.3, 0.4) is 0 Å². The zero-order chi connectivity index (χ0) is 9.42. The fourth-order valence-corrected chi connectivity index (χ4v) is 1.39. The molecular formula is C10H11ClNO2-. The van der Waals surface area contributed by atoms with Crippen LogP contribution in [0.15, 0.2) is 28.9 Å². The zero-order valence-electron chi connectivity index (χ0n) is 7.70. The number of hydrogen-bond donors (Lipinski definition) is 2. The molecule has 1 heterocycles. The van der Waals surface area contributed by atoms with E-state index in [1.54, 1.807) is 24.5 Å². The molecule has 2 rings (SSSR count). The lowest BCUT2D eigenvalue weighted by Crippen LogP contribution is -3.00. The number of phenols is 1. The normalized spacial score (nSPS) is 12.4. The Balaban J connectivity index is 0.000000980. The first-order valence-corrected chi connectivity index (χ1v) is 4.14. The van der Waals surface area contributed by atoms with Crippen molar-refractivity contribution in [2.24, 2.45) is 5.73 Å². The summed E-state index contributed by atoms with van der Waals surface area (Å²) in [7, 11) is 0. The molecule has 0 aliphatic heterocycles. The van der Waals surface area contributed by atoms with Crippen LogP contribution in [0.5, 0.6) is 5.75 Å². The van der Waals surface area contributed by atoms with E-state index in [0.717, 1.165) is 16.5 Å². The summed E-state index contributed by atoms with van der Waals surface area (Å²) in [5, 5.41) is 10.2. The summed E-state index contributed by atoms with van der Waals surface area (Å²) in [6.45, 7) is 1.88. The second-order valence-corrected chi connectivity index (χ2v) is 3.16. The predicted octanol–water partition coefficient (Wildman–Crippen LogP) is -0.838. The van der Waals surface area contributed by atoms with Gasteiger partial charge in [0.05, 0.1) is 6.26 Å². The molecule has 1 aromatic carbocycles. The molecule has 0 radical (unpaired) electrons. The van der Waals surface area contributed by atoms with Gasteiger partial charge in [0.2, 0.25) is 0 Å². The first-order valence-electron chi connectivity index (χ1n) is 4.14. The molecule has 0 amide bonds. The van der Waals surface area contributed by atoms with Gasteiger partial charge in [0.25, 0.3) is 0 Å². The molecule has 14 heavy (non-hydrogen) atoms. The number of benzene rings is 1. The summed E-state index contributed by atoms with van der Waals surface area (Å²) in [6, 6.07) is 4.91. The van der Waals surface area contributed by atoms with E-state index >= 15 is 0 Å². The van der Waals surface area contributed by atoms with E-state index in [1.165, 1.54) is 0 Å². The first kappa shape index (κ1) is 10.9. The van der Waals surface area contributed by atoms with Crippen molar-refractivity contribution in [1.82, 2.24) is 0 Å². The molecule has 3 nitrogen and oxygen atoms in total. The summed E-state index contributed by atoms with van der Waals surface area (Å²) >= 11 is 0. The SMILES string of the molecule is CC(N)c1coc2ccc(O)cc12.[Cl-]. The van der Waals surface area contributed by atoms with E-state index < -0.39 is 0 Å². The lowest BCUT2D eigenvalue weighted by atomic mass is 10.1. The highest BCUT2D eigenvalue weighted by Gasteiger charge is 2.09. The Morgan fingerprint density at radius 1 is 1.43 bits per heavy atom. The lowest BCUT2D eigenvalue weighted by molar-refractivity contribution is -0.00000428. The number of hydrogen-bond acceptors (Lipinski definition) is 3. The molecule has 3 N–H and O–H groups in total. The van der Waals surface area contributed by atoms with Gasteiger partial charge in [0, 0.05) is 17.0 Å². The number of rotatable bonds is 1. The van der Waals surface area contributed by atoms with Crippen LogP contribution in [0.2, 0.25) is 0 Å². The van der Waals surface area contributed by atoms with Crippen LogP contribution in [0.25, 0.3) is 11.0 Å². The van der Waals surface area contributed by atoms with Gasteiger partial charge in [-0.1, -0.05) is 0 Å². The van der Waals surface area contributed by atoms with Crippen LogP contribution in [-0.4, -0.2) is 5.11 Å². The molecule has 76 valence electrons. The number of phenolic OH excluding ortho intramolecular Hbond substituents is 1. The minimum Gasteiger partial charge on any atom is -1.00 e. The fourth-order valence-electron chi connectivity index (χ4n) is 1.39. The van der Waals surface area contributed by atoms with E-state index in [2.05, 4.69) is 0 Å². The quantitative estimate of drug-likeness (QED) is 0.648. The average molecular weight is 213 g/mol. The minimum absolute atomic E-state index is 0. The topological polar surface area (TPSA) is 59.4 Å². The molecule has 0 aliphatic rings. The maximum atomic E-state index is 9.27. The van der Waals surface area contributed by atoms with Crippen LogP contribution in [0.4, 0.5) is 0 Å². The molecule has 2 aromatic rings. The molecule has 0 saturated heterocycles. The molecule has 1 atom stereocenters. The van der Waals surface area contributed by atoms with Crippen molar-refractivity contribution < 1.29 is 21.9 Å². The minimum atomic E-state index is -0.0805. The number of halogens is 1. The highest BCUT2D eigenvalue weighted by molar-refractivity contribution is 5.82. The van der Waals surface area contributed by atoms with Crippen molar-refractivity contribution in [3.8, 4) is 5.75 Å². The summed E-state index contributed by atoms with van der Waals surface area (Å²) in [5.41, 5.74) is 7.41. The third kappa shape index (κ3) is 1.69. The number of fused-ring (bicyclic) bond motifs is 1. The van der Waals surface area contributed by atoms with Gasteiger partial charge >= 0.3 is 0 Å². The summed E-state index contributed by atoms with van der Waals surface area (Å²) in [5.74, 6) is 0.232. The van der Waals surface area contributed by atoms with Crippen LogP contribution >= 0.6 is 0 Å². The van der Waals surface area contributed by atoms with Gasteiger partial charge in [0.15, 0.2) is 0 Å². The Morgan fingerprint density at radius 3 is 2.79 bits per heavy atom. The van der Waals surface area contributed by atoms with Gasteiger partial charge in [-0.15, -0.1) is 0 Å². The Bertz CT molecular complexity index is 437. The maximum absolute atomic E-state index is 9.27. The van der Waals surface area contributed by atoms with Crippen molar-refractivity contribution in [2.75, 3.05) is 0 Å². The molecule has 0 fully saturated rings. The van der Waals surface area contributed by atoms with Gasteiger partial charge < -0.3 is 27.7 Å². The number of nitrogens with two attached hydrogens (primary N) is 1. The monoisotopic (exact) mass is 212 g/mol. The van der Waals surface area contributed by atoms with Gasteiger partial charge in [-0.25, -0.2) is 0 Å². The molecule has 1 aromatic heterocycles. The summed E-state index contributed by atoms with van der Waals surface area (Å²) in [6.07, 6.45) is 1.63. The molecule has 4 heteroatoms. The van der Waals surface area contributed by atoms with Gasteiger partial charge in [0.1, 0.15) is 11.3 Å². The molecule has 1 unspecified atom stereocenters. The molecule has 0 saturated carbocycles. The summed E-state index contributed by atoms with van der Waals surface area (Å²) in [4.78, 5) is 0. The summed E-state index contributed by atoms with van der Waals surface area (Å²) < 4.78 is 5.27. The second kappa shape index (κ2) is 3.90. The van der Waals surface area contributed by atoms with E-state index in [-0.39, 0.29) is 24.2 Å². The smallest absolute Gasteiger partial charge is 0.134 e. The van der Waals surface area contributed by atoms with Gasteiger partial charge in [-0.05, 0) is 25.1 Å². The van der Waals surface area contributed by atoms with E-state index in [4.69, 9.17) is 10.2 Å². The van der Waals surface area contributed by atoms with Gasteiger partial charge in [-0.2, -0.15) is 0 Å². The second-order valence-electron chi connectivity index (χ2n) is 3.16. The van der Waals surface area contributed by atoms with Crippen molar-refractivity contribution >= 4 is 11.0 Å². The van der Waals surface area contributed by atoms with Crippen molar-refractivity contribution in [3.63, 3.8) is 0 Å². The standard InChI is InChI=1S/C10H11NO2.ClH/c1-6(11)9-5-13-10-3-2-7(12)4-8(9)10;/h2-6,12H,11H2,1H3;1H/p-1. The number of furan rings is 1. The van der Waals surface area contributed by atoms with Crippen molar-refractivity contribution in [3.05, 3.63) is 30.0 Å². The Kier molecular flexibility index (Phi) is 3.03. The third-order valence-corrected chi connectivity index (χ3v) is 2.08. The highest BCUT2D eigenvalue weighted by atomic mass is 35.5. The Hall–Kier alpha value is -1.19. The fraction of sp³-hybridized carbons (Fsp3) is 0.200. The van der Waals surface area contributed by atoms with E-state index in [0.29, 0.717) is 0 Å². The van der Waals surface area contributed by atoms with Crippen molar-refractivity contribution in [2.45, 2.75) is 13.0 Å². The zero-order valence-corrected chi connectivity index (χ0v) is 8.45. The molecular weight excluding hydrogens is 202 g/mol. The van der Waals surface area contributed by atoms with Crippen molar-refractivity contribution in [1.29, 1.82) is 0 Å². The molecule has 0 spiro atoms. The Morgan fingerprint density at radius 2 is 2.14 bits per heavy atom. The lowest BCUT2D eigenvalue weighted by Gasteiger charge is -2.00. The molecule has 0 bridgehead atoms. The third-order valence-electron chi connectivity index (χ3n) is 2.08. The van der Waals surface area contributed by atoms with Crippen LogP contribution in [-0.2, 0) is 0 Å². The largest absolute Gasteiger partial charge is 1.00 e. The molecule has 0 aliphatic carbocycles. The van der Waals surface area contributed by atoms with Crippen LogP contribution in [0.1, 0.15) is 18.5 Å². The van der Waals surface area contributed by atoms with E-state index in [1.807, 2.05) is 6.92 Å². The maximum Gasteiger partial charge on any atom is 0.134 e. The highest BCUT2D eigenvalue weighted by Crippen LogP contribution is 2.27. The first-order chi connectivity index (χ1) is 6.18. The Labute approximate surface area is 87.9 Å². The van der Waals surface area contributed by atoms with Crippen LogP contribution < -0.4 is 18.1 Å². The predicted molar refractivity (Wildman–Crippen MR) is 50.5 cm³/mol. The number of aromatic hydroxyl groups is 1. The van der Waals surface area contributed by atoms with Gasteiger partial charge in [-0.3, -0.25) is 0 Å².